The SMILES string of the molecule is CC(Nc1ncnc(NN)c1Br)C1CCOC1. The Bertz CT molecular complexity index is 383. The highest BCUT2D eigenvalue weighted by Gasteiger charge is 2.23. The Balaban J connectivity index is 2.07. The molecule has 0 saturated carbocycles. The van der Waals surface area contributed by atoms with Crippen molar-refractivity contribution >= 4 is 27.6 Å². The average molecular weight is 302 g/mol. The van der Waals surface area contributed by atoms with Gasteiger partial charge in [-0.3, -0.25) is 0 Å². The Labute approximate surface area is 108 Å². The molecule has 1 aromatic rings. The first-order valence-corrected chi connectivity index (χ1v) is 6.33. The standard InChI is InChI=1S/C10H16BrN5O/c1-6(7-2-3-17-4-7)15-9-8(11)10(16-12)14-5-13-9/h5-7H,2-4,12H2,1H3,(H2,13,14,15,16). The Kier molecular flexibility index (Phi) is 4.14. The molecule has 94 valence electrons. The third-order valence-corrected chi connectivity index (χ3v) is 3.71. The number of hydrazine groups is 1. The monoisotopic (exact) mass is 301 g/mol. The van der Waals surface area contributed by atoms with Gasteiger partial charge < -0.3 is 15.5 Å². The molecule has 17 heavy (non-hydrogen) atoms. The zero-order valence-electron chi connectivity index (χ0n) is 9.61. The first-order chi connectivity index (χ1) is 8.22. The fourth-order valence-corrected chi connectivity index (χ4v) is 2.29. The van der Waals surface area contributed by atoms with Crippen LogP contribution in [0.25, 0.3) is 0 Å². The largest absolute Gasteiger partial charge is 0.381 e. The van der Waals surface area contributed by atoms with Crippen LogP contribution in [-0.2, 0) is 4.74 Å². The summed E-state index contributed by atoms with van der Waals surface area (Å²) in [5, 5.41) is 3.35. The van der Waals surface area contributed by atoms with Crippen LogP contribution in [0.4, 0.5) is 11.6 Å². The Morgan fingerprint density at radius 3 is 2.94 bits per heavy atom. The van der Waals surface area contributed by atoms with E-state index in [1.807, 2.05) is 0 Å². The number of anilines is 2. The molecule has 1 fully saturated rings. The lowest BCUT2D eigenvalue weighted by atomic mass is 10.0. The summed E-state index contributed by atoms with van der Waals surface area (Å²) in [5.74, 6) is 7.18. The predicted molar refractivity (Wildman–Crippen MR) is 69.6 cm³/mol. The summed E-state index contributed by atoms with van der Waals surface area (Å²) in [7, 11) is 0. The van der Waals surface area contributed by atoms with E-state index < -0.39 is 0 Å². The summed E-state index contributed by atoms with van der Waals surface area (Å²) in [6, 6.07) is 0.300. The molecule has 0 bridgehead atoms. The van der Waals surface area contributed by atoms with Crippen LogP contribution in [0.2, 0.25) is 0 Å². The average Bonchev–Trinajstić information content (AvgIpc) is 2.85. The highest BCUT2D eigenvalue weighted by Crippen LogP contribution is 2.28. The van der Waals surface area contributed by atoms with Gasteiger partial charge in [-0.05, 0) is 29.3 Å². The summed E-state index contributed by atoms with van der Waals surface area (Å²) in [6.45, 7) is 3.78. The number of hydrogen-bond acceptors (Lipinski definition) is 6. The number of aromatic nitrogens is 2. The zero-order chi connectivity index (χ0) is 12.3. The quantitative estimate of drug-likeness (QED) is 0.575. The van der Waals surface area contributed by atoms with Crippen LogP contribution in [0.1, 0.15) is 13.3 Å². The Morgan fingerprint density at radius 1 is 1.53 bits per heavy atom. The summed E-state index contributed by atoms with van der Waals surface area (Å²) >= 11 is 3.42. The Morgan fingerprint density at radius 2 is 2.29 bits per heavy atom. The van der Waals surface area contributed by atoms with E-state index in [4.69, 9.17) is 10.6 Å². The van der Waals surface area contributed by atoms with Crippen molar-refractivity contribution in [3.05, 3.63) is 10.8 Å². The molecule has 2 atom stereocenters. The molecule has 2 rings (SSSR count). The number of ether oxygens (including phenoxy) is 1. The van der Waals surface area contributed by atoms with E-state index in [0.29, 0.717) is 17.8 Å². The first-order valence-electron chi connectivity index (χ1n) is 5.53. The second-order valence-corrected chi connectivity index (χ2v) is 4.88. The third-order valence-electron chi connectivity index (χ3n) is 2.96. The highest BCUT2D eigenvalue weighted by atomic mass is 79.9. The van der Waals surface area contributed by atoms with E-state index in [1.54, 1.807) is 0 Å². The fourth-order valence-electron chi connectivity index (χ4n) is 1.85. The molecule has 4 N–H and O–H groups in total. The molecule has 0 amide bonds. The van der Waals surface area contributed by atoms with Gasteiger partial charge in [-0.2, -0.15) is 0 Å². The fraction of sp³-hybridized carbons (Fsp3) is 0.600. The van der Waals surface area contributed by atoms with E-state index in [2.05, 4.69) is 43.6 Å². The van der Waals surface area contributed by atoms with Gasteiger partial charge in [-0.15, -0.1) is 0 Å². The topological polar surface area (TPSA) is 85.1 Å². The lowest BCUT2D eigenvalue weighted by Crippen LogP contribution is -2.27. The minimum Gasteiger partial charge on any atom is -0.381 e. The summed E-state index contributed by atoms with van der Waals surface area (Å²) in [6.07, 6.45) is 2.55. The van der Waals surface area contributed by atoms with Crippen LogP contribution < -0.4 is 16.6 Å². The van der Waals surface area contributed by atoms with Crippen LogP contribution in [0.5, 0.6) is 0 Å². The van der Waals surface area contributed by atoms with E-state index in [0.717, 1.165) is 29.9 Å². The van der Waals surface area contributed by atoms with Gasteiger partial charge in [0.05, 0.1) is 6.61 Å². The van der Waals surface area contributed by atoms with Gasteiger partial charge in [0.15, 0.2) is 5.82 Å². The smallest absolute Gasteiger partial charge is 0.159 e. The van der Waals surface area contributed by atoms with Gasteiger partial charge in [-0.25, -0.2) is 15.8 Å². The number of nitrogens with two attached hydrogens (primary N) is 1. The van der Waals surface area contributed by atoms with Crippen molar-refractivity contribution in [2.24, 2.45) is 11.8 Å². The molecule has 1 aliphatic rings. The van der Waals surface area contributed by atoms with Crippen molar-refractivity contribution in [3.8, 4) is 0 Å². The minimum atomic E-state index is 0.300. The second-order valence-electron chi connectivity index (χ2n) is 4.09. The maximum atomic E-state index is 5.37. The van der Waals surface area contributed by atoms with Gasteiger partial charge in [0.25, 0.3) is 0 Å². The van der Waals surface area contributed by atoms with E-state index in [1.165, 1.54) is 6.33 Å². The van der Waals surface area contributed by atoms with Gasteiger partial charge in [0, 0.05) is 18.6 Å². The minimum absolute atomic E-state index is 0.300. The maximum Gasteiger partial charge on any atom is 0.159 e. The lowest BCUT2D eigenvalue weighted by molar-refractivity contribution is 0.183. The number of nitrogen functional groups attached to an aromatic ring is 1. The second kappa shape index (κ2) is 5.61. The molecule has 0 aliphatic carbocycles. The molecular weight excluding hydrogens is 286 g/mol. The highest BCUT2D eigenvalue weighted by molar-refractivity contribution is 9.10. The van der Waals surface area contributed by atoms with Crippen LogP contribution in [-0.4, -0.2) is 29.2 Å². The number of hydrogen-bond donors (Lipinski definition) is 3. The van der Waals surface area contributed by atoms with Gasteiger partial charge in [0.2, 0.25) is 0 Å². The summed E-state index contributed by atoms with van der Waals surface area (Å²) < 4.78 is 6.12. The molecular formula is C10H16BrN5O. The van der Waals surface area contributed by atoms with Crippen molar-refractivity contribution in [1.82, 2.24) is 9.97 Å². The summed E-state index contributed by atoms with van der Waals surface area (Å²) in [5.41, 5.74) is 2.52. The predicted octanol–water partition coefficient (Wildman–Crippen LogP) is 1.36. The molecule has 1 aromatic heterocycles. The molecule has 1 saturated heterocycles. The molecule has 0 aromatic carbocycles. The van der Waals surface area contributed by atoms with Gasteiger partial charge in [0.1, 0.15) is 16.6 Å². The molecule has 2 unspecified atom stereocenters. The van der Waals surface area contributed by atoms with E-state index in [-0.39, 0.29) is 0 Å². The normalized spacial score (nSPS) is 21.2. The molecule has 6 nitrogen and oxygen atoms in total. The van der Waals surface area contributed by atoms with Crippen molar-refractivity contribution in [2.75, 3.05) is 24.0 Å². The van der Waals surface area contributed by atoms with Crippen molar-refractivity contribution < 1.29 is 4.74 Å². The zero-order valence-corrected chi connectivity index (χ0v) is 11.2. The first kappa shape index (κ1) is 12.5. The number of nitrogens with one attached hydrogen (secondary N) is 2. The molecule has 0 spiro atoms. The van der Waals surface area contributed by atoms with Crippen LogP contribution in [0.3, 0.4) is 0 Å². The Hall–Kier alpha value is -0.920. The van der Waals surface area contributed by atoms with Crippen molar-refractivity contribution in [1.29, 1.82) is 0 Å². The summed E-state index contributed by atoms with van der Waals surface area (Å²) in [4.78, 5) is 8.20. The molecule has 1 aliphatic heterocycles. The molecule has 2 heterocycles. The maximum absolute atomic E-state index is 5.37. The van der Waals surface area contributed by atoms with Crippen LogP contribution in [0.15, 0.2) is 10.8 Å². The lowest BCUT2D eigenvalue weighted by Gasteiger charge is -2.20. The van der Waals surface area contributed by atoms with Crippen LogP contribution in [0, 0.1) is 5.92 Å². The van der Waals surface area contributed by atoms with Crippen molar-refractivity contribution in [3.63, 3.8) is 0 Å². The number of halogens is 1. The van der Waals surface area contributed by atoms with E-state index >= 15 is 0 Å². The number of nitrogens with zero attached hydrogens (tertiary/aromatic N) is 2. The van der Waals surface area contributed by atoms with Gasteiger partial charge in [-0.1, -0.05) is 0 Å². The molecule has 0 radical (unpaired) electrons. The number of rotatable bonds is 4. The van der Waals surface area contributed by atoms with Crippen LogP contribution >= 0.6 is 15.9 Å². The third kappa shape index (κ3) is 2.85. The van der Waals surface area contributed by atoms with E-state index in [9.17, 15) is 0 Å². The van der Waals surface area contributed by atoms with Gasteiger partial charge >= 0.3 is 0 Å². The molecule has 7 heteroatoms. The van der Waals surface area contributed by atoms with Crippen molar-refractivity contribution in [2.45, 2.75) is 19.4 Å².